The molecule has 0 fully saturated rings. The lowest BCUT2D eigenvalue weighted by Crippen LogP contribution is -2.02. The summed E-state index contributed by atoms with van der Waals surface area (Å²) in [6.45, 7) is 2.91. The molecule has 2 aromatic carbocycles. The van der Waals surface area contributed by atoms with Crippen molar-refractivity contribution < 1.29 is 8.78 Å². The Kier molecular flexibility index (Phi) is 3.74. The van der Waals surface area contributed by atoms with Crippen LogP contribution in [0.2, 0.25) is 0 Å². The normalized spacial score (nSPS) is 11.2. The van der Waals surface area contributed by atoms with Gasteiger partial charge in [0.05, 0.1) is 0 Å². The lowest BCUT2D eigenvalue weighted by Gasteiger charge is -2.09. The number of nitrogens with zero attached hydrogens (tertiary/aromatic N) is 1. The molecule has 3 heteroatoms. The molecule has 0 saturated heterocycles. The quantitative estimate of drug-likeness (QED) is 0.645. The van der Waals surface area contributed by atoms with Gasteiger partial charge < -0.3 is 4.57 Å². The fraction of sp³-hybridized carbons (Fsp3) is 0.222. The van der Waals surface area contributed by atoms with Crippen LogP contribution in [0, 0.1) is 18.6 Å². The summed E-state index contributed by atoms with van der Waals surface area (Å²) in [6.07, 6.45) is 1.43. The van der Waals surface area contributed by atoms with Crippen molar-refractivity contribution in [2.24, 2.45) is 0 Å². The lowest BCUT2D eigenvalue weighted by molar-refractivity contribution is 0.562. The molecule has 0 radical (unpaired) electrons. The van der Waals surface area contributed by atoms with Crippen molar-refractivity contribution in [2.45, 2.75) is 26.3 Å². The van der Waals surface area contributed by atoms with E-state index in [4.69, 9.17) is 0 Å². The smallest absolute Gasteiger partial charge is 0.129 e. The number of aromatic nitrogens is 1. The standard InChI is InChI=1S/C18H17F2N/c1-13-11-15-5-2-3-7-18(15)21(13)10-4-6-14-8-9-16(19)12-17(14)20/h2-3,5,7-9,11-12H,4,6,10H2,1H3. The maximum atomic E-state index is 13.6. The minimum atomic E-state index is -0.525. The van der Waals surface area contributed by atoms with E-state index < -0.39 is 11.6 Å². The number of halogens is 2. The Morgan fingerprint density at radius 1 is 1.00 bits per heavy atom. The van der Waals surface area contributed by atoms with Crippen molar-refractivity contribution in [2.75, 3.05) is 0 Å². The van der Waals surface area contributed by atoms with E-state index in [9.17, 15) is 8.78 Å². The number of hydrogen-bond acceptors (Lipinski definition) is 0. The van der Waals surface area contributed by atoms with Gasteiger partial charge in [-0.2, -0.15) is 0 Å². The lowest BCUT2D eigenvalue weighted by atomic mass is 10.1. The molecule has 1 nitrogen and oxygen atoms in total. The van der Waals surface area contributed by atoms with Crippen LogP contribution >= 0.6 is 0 Å². The van der Waals surface area contributed by atoms with E-state index >= 15 is 0 Å². The first-order valence-corrected chi connectivity index (χ1v) is 7.14. The average molecular weight is 285 g/mol. The van der Waals surface area contributed by atoms with Gasteiger partial charge in [-0.15, -0.1) is 0 Å². The van der Waals surface area contributed by atoms with Crippen LogP contribution < -0.4 is 0 Å². The molecule has 0 atom stereocenters. The molecule has 3 rings (SSSR count). The molecule has 0 bridgehead atoms. The molecule has 1 heterocycles. The van der Waals surface area contributed by atoms with Gasteiger partial charge in [0.1, 0.15) is 11.6 Å². The largest absolute Gasteiger partial charge is 0.345 e. The Balaban J connectivity index is 1.73. The van der Waals surface area contributed by atoms with E-state index in [1.54, 1.807) is 0 Å². The Labute approximate surface area is 122 Å². The van der Waals surface area contributed by atoms with Crippen LogP contribution in [0.25, 0.3) is 10.9 Å². The van der Waals surface area contributed by atoms with Gasteiger partial charge in [0.2, 0.25) is 0 Å². The Morgan fingerprint density at radius 2 is 1.81 bits per heavy atom. The van der Waals surface area contributed by atoms with Crippen molar-refractivity contribution in [1.82, 2.24) is 4.57 Å². The summed E-state index contributed by atoms with van der Waals surface area (Å²) in [5, 5.41) is 1.22. The molecule has 1 aromatic heterocycles. The minimum absolute atomic E-state index is 0.455. The van der Waals surface area contributed by atoms with E-state index in [0.717, 1.165) is 19.0 Å². The number of rotatable bonds is 4. The zero-order valence-corrected chi connectivity index (χ0v) is 11.9. The Morgan fingerprint density at radius 3 is 2.62 bits per heavy atom. The van der Waals surface area contributed by atoms with Gasteiger partial charge in [-0.1, -0.05) is 24.3 Å². The van der Waals surface area contributed by atoms with E-state index in [0.29, 0.717) is 12.0 Å². The van der Waals surface area contributed by atoms with Crippen molar-refractivity contribution in [3.63, 3.8) is 0 Å². The zero-order valence-electron chi connectivity index (χ0n) is 11.9. The minimum Gasteiger partial charge on any atom is -0.345 e. The highest BCUT2D eigenvalue weighted by atomic mass is 19.1. The van der Waals surface area contributed by atoms with Crippen LogP contribution in [0.5, 0.6) is 0 Å². The molecule has 0 aliphatic heterocycles. The second-order valence-corrected chi connectivity index (χ2v) is 5.34. The topological polar surface area (TPSA) is 4.93 Å². The molecule has 0 aliphatic carbocycles. The molecular formula is C18H17F2N. The van der Waals surface area contributed by atoms with Gasteiger partial charge in [0, 0.05) is 23.8 Å². The van der Waals surface area contributed by atoms with Crippen LogP contribution in [0.15, 0.2) is 48.5 Å². The van der Waals surface area contributed by atoms with Crippen molar-refractivity contribution in [3.8, 4) is 0 Å². The first-order valence-electron chi connectivity index (χ1n) is 7.14. The Hall–Kier alpha value is -2.16. The number of benzene rings is 2. The molecular weight excluding hydrogens is 268 g/mol. The molecule has 3 aromatic rings. The van der Waals surface area contributed by atoms with Gasteiger partial charge in [-0.3, -0.25) is 0 Å². The van der Waals surface area contributed by atoms with E-state index in [1.807, 2.05) is 12.1 Å². The fourth-order valence-electron chi connectivity index (χ4n) is 2.80. The third-order valence-corrected chi connectivity index (χ3v) is 3.86. The second-order valence-electron chi connectivity index (χ2n) is 5.34. The number of aryl methyl sites for hydroxylation is 3. The molecule has 0 spiro atoms. The first-order chi connectivity index (χ1) is 10.1. The molecule has 0 aliphatic rings. The Bertz CT molecular complexity index is 774. The maximum absolute atomic E-state index is 13.6. The summed E-state index contributed by atoms with van der Waals surface area (Å²) < 4.78 is 28.7. The van der Waals surface area contributed by atoms with E-state index in [-0.39, 0.29) is 0 Å². The third kappa shape index (κ3) is 2.82. The molecule has 108 valence electrons. The molecule has 0 unspecified atom stereocenters. The fourth-order valence-corrected chi connectivity index (χ4v) is 2.80. The summed E-state index contributed by atoms with van der Waals surface area (Å²) in [4.78, 5) is 0. The summed E-state index contributed by atoms with van der Waals surface area (Å²) in [5.41, 5.74) is 2.98. The number of hydrogen-bond donors (Lipinski definition) is 0. The third-order valence-electron chi connectivity index (χ3n) is 3.86. The van der Waals surface area contributed by atoms with Crippen LogP contribution in [0.1, 0.15) is 17.7 Å². The first kappa shape index (κ1) is 13.8. The van der Waals surface area contributed by atoms with Gasteiger partial charge in [-0.25, -0.2) is 8.78 Å². The zero-order chi connectivity index (χ0) is 14.8. The summed E-state index contributed by atoms with van der Waals surface area (Å²) in [6, 6.07) is 14.2. The van der Waals surface area contributed by atoms with Crippen LogP contribution in [0.3, 0.4) is 0 Å². The summed E-state index contributed by atoms with van der Waals surface area (Å²) >= 11 is 0. The van der Waals surface area contributed by atoms with E-state index in [1.165, 1.54) is 28.7 Å². The predicted molar refractivity (Wildman–Crippen MR) is 81.4 cm³/mol. The highest BCUT2D eigenvalue weighted by Gasteiger charge is 2.07. The van der Waals surface area contributed by atoms with Gasteiger partial charge >= 0.3 is 0 Å². The molecule has 0 amide bonds. The van der Waals surface area contributed by atoms with Gasteiger partial charge in [0.15, 0.2) is 0 Å². The van der Waals surface area contributed by atoms with Crippen molar-refractivity contribution in [3.05, 3.63) is 71.4 Å². The van der Waals surface area contributed by atoms with Crippen LogP contribution in [0.4, 0.5) is 8.78 Å². The highest BCUT2D eigenvalue weighted by molar-refractivity contribution is 5.81. The predicted octanol–water partition coefficient (Wildman–Crippen LogP) is 4.86. The van der Waals surface area contributed by atoms with Crippen molar-refractivity contribution in [1.29, 1.82) is 0 Å². The van der Waals surface area contributed by atoms with E-state index in [2.05, 4.69) is 29.7 Å². The number of para-hydroxylation sites is 1. The van der Waals surface area contributed by atoms with Crippen LogP contribution in [-0.2, 0) is 13.0 Å². The highest BCUT2D eigenvalue weighted by Crippen LogP contribution is 2.20. The molecule has 21 heavy (non-hydrogen) atoms. The summed E-state index contributed by atoms with van der Waals surface area (Å²) in [5.74, 6) is -0.979. The van der Waals surface area contributed by atoms with Crippen LogP contribution in [-0.4, -0.2) is 4.57 Å². The molecule has 0 saturated carbocycles. The summed E-state index contributed by atoms with van der Waals surface area (Å²) in [7, 11) is 0. The number of fused-ring (bicyclic) bond motifs is 1. The second kappa shape index (κ2) is 5.68. The molecule has 0 N–H and O–H groups in total. The maximum Gasteiger partial charge on any atom is 0.129 e. The monoisotopic (exact) mass is 285 g/mol. The van der Waals surface area contributed by atoms with Gasteiger partial charge in [-0.05, 0) is 48.9 Å². The van der Waals surface area contributed by atoms with Crippen molar-refractivity contribution >= 4 is 10.9 Å². The average Bonchev–Trinajstić information content (AvgIpc) is 2.77. The van der Waals surface area contributed by atoms with Gasteiger partial charge in [0.25, 0.3) is 0 Å². The SMILES string of the molecule is Cc1cc2ccccc2n1CCCc1ccc(F)cc1F.